The Morgan fingerprint density at radius 1 is 0.841 bits per heavy atom. The van der Waals surface area contributed by atoms with Gasteiger partial charge >= 0.3 is 5.63 Å². The van der Waals surface area contributed by atoms with Crippen LogP contribution in [0.3, 0.4) is 0 Å². The van der Waals surface area contributed by atoms with Crippen molar-refractivity contribution in [1.29, 1.82) is 0 Å². The van der Waals surface area contributed by atoms with Crippen LogP contribution in [0.1, 0.15) is 88.8 Å². The van der Waals surface area contributed by atoms with Crippen LogP contribution in [0, 0.1) is 0 Å². The molecule has 44 heavy (non-hydrogen) atoms. The van der Waals surface area contributed by atoms with Gasteiger partial charge in [-0.1, -0.05) is 89.1 Å². The molecule has 222 valence electrons. The number of nitrogens with zero attached hydrogens (tertiary/aromatic N) is 2. The standard InChI is InChI=1S/C39H38N2O2S/c1-38(2)17-19-41-20-18-39(3,4)31-33(41)28(38)21-27-29(22-11-5-6-12-22)30(37(42)43-34(27)31)36-40-32-25-15-9-7-13-23(25)24-14-8-10-16-26(24)35(32)44-36/h7-10,13-16,21-22H,5-6,11-12,17-20H2,1-4H3. The van der Waals surface area contributed by atoms with Gasteiger partial charge in [-0.2, -0.15) is 0 Å². The van der Waals surface area contributed by atoms with Crippen LogP contribution in [0.2, 0.25) is 0 Å². The molecule has 0 spiro atoms. The molecule has 2 aliphatic heterocycles. The minimum atomic E-state index is -0.230. The summed E-state index contributed by atoms with van der Waals surface area (Å²) in [7, 11) is 0. The van der Waals surface area contributed by atoms with Crippen molar-refractivity contribution < 1.29 is 4.42 Å². The average Bonchev–Trinajstić information content (AvgIpc) is 3.70. The minimum Gasteiger partial charge on any atom is -0.422 e. The number of rotatable bonds is 2. The Balaban J connectivity index is 1.42. The lowest BCUT2D eigenvalue weighted by atomic mass is 9.68. The van der Waals surface area contributed by atoms with Crippen molar-refractivity contribution in [2.75, 3.05) is 18.0 Å². The highest BCUT2D eigenvalue weighted by molar-refractivity contribution is 7.22. The molecule has 4 aromatic carbocycles. The second-order valence-electron chi connectivity index (χ2n) is 14.7. The van der Waals surface area contributed by atoms with Crippen molar-refractivity contribution in [1.82, 2.24) is 4.98 Å². The Morgan fingerprint density at radius 2 is 1.48 bits per heavy atom. The highest BCUT2D eigenvalue weighted by Gasteiger charge is 2.43. The molecule has 0 unspecified atom stereocenters. The lowest BCUT2D eigenvalue weighted by Crippen LogP contribution is -2.44. The van der Waals surface area contributed by atoms with Crippen LogP contribution in [-0.2, 0) is 10.8 Å². The molecule has 0 bridgehead atoms. The summed E-state index contributed by atoms with van der Waals surface area (Å²) in [5.74, 6) is 0.330. The minimum absolute atomic E-state index is 0.0547. The zero-order valence-electron chi connectivity index (χ0n) is 26.0. The Bertz CT molecular complexity index is 2160. The molecule has 0 amide bonds. The normalized spacial score (nSPS) is 19.4. The Labute approximate surface area is 261 Å². The fourth-order valence-electron chi connectivity index (χ4n) is 8.72. The SMILES string of the molecule is CC1(C)CCN2CCC(C)(C)c3c2c1cc1c(C2CCCC2)c(-c2nc4c5ccccc5c5ccccc5c4s2)c(=O)oc31. The van der Waals surface area contributed by atoms with Crippen LogP contribution < -0.4 is 10.5 Å². The molecule has 1 saturated carbocycles. The second-order valence-corrected chi connectivity index (χ2v) is 15.7. The number of hydrogen-bond donors (Lipinski definition) is 0. The fourth-order valence-corrected chi connectivity index (χ4v) is 9.89. The maximum atomic E-state index is 14.5. The smallest absolute Gasteiger partial charge is 0.346 e. The first-order valence-corrected chi connectivity index (χ1v) is 17.2. The molecule has 4 nitrogen and oxygen atoms in total. The molecule has 3 aliphatic rings. The Hall–Kier alpha value is -3.70. The summed E-state index contributed by atoms with van der Waals surface area (Å²) in [6.45, 7) is 11.6. The van der Waals surface area contributed by atoms with E-state index in [1.807, 2.05) is 0 Å². The van der Waals surface area contributed by atoms with E-state index in [2.05, 4.69) is 87.2 Å². The first-order chi connectivity index (χ1) is 21.2. The predicted molar refractivity (Wildman–Crippen MR) is 185 cm³/mol. The van der Waals surface area contributed by atoms with Crippen molar-refractivity contribution in [3.63, 3.8) is 0 Å². The zero-order chi connectivity index (χ0) is 30.0. The van der Waals surface area contributed by atoms with Gasteiger partial charge in [-0.15, -0.1) is 11.3 Å². The van der Waals surface area contributed by atoms with Gasteiger partial charge in [-0.25, -0.2) is 9.78 Å². The lowest BCUT2D eigenvalue weighted by molar-refractivity contribution is 0.398. The maximum Gasteiger partial charge on any atom is 0.346 e. The number of benzene rings is 4. The molecule has 9 rings (SSSR count). The number of anilines is 1. The molecule has 1 aliphatic carbocycles. The van der Waals surface area contributed by atoms with Gasteiger partial charge in [-0.3, -0.25) is 0 Å². The van der Waals surface area contributed by atoms with Crippen LogP contribution in [0.4, 0.5) is 5.69 Å². The monoisotopic (exact) mass is 598 g/mol. The molecule has 2 aromatic heterocycles. The zero-order valence-corrected chi connectivity index (χ0v) is 26.9. The van der Waals surface area contributed by atoms with Gasteiger partial charge in [0.05, 0.1) is 10.2 Å². The maximum absolute atomic E-state index is 14.5. The van der Waals surface area contributed by atoms with Gasteiger partial charge in [0.25, 0.3) is 0 Å². The van der Waals surface area contributed by atoms with Gasteiger partial charge in [0, 0.05) is 40.5 Å². The van der Waals surface area contributed by atoms with Gasteiger partial charge in [0.15, 0.2) is 0 Å². The highest BCUT2D eigenvalue weighted by atomic mass is 32.1. The molecular formula is C39H38N2O2S. The van der Waals surface area contributed by atoms with Crippen molar-refractivity contribution in [3.8, 4) is 10.6 Å². The summed E-state index contributed by atoms with van der Waals surface area (Å²) >= 11 is 1.66. The summed E-state index contributed by atoms with van der Waals surface area (Å²) in [5, 5.41) is 6.71. The molecule has 1 fully saturated rings. The van der Waals surface area contributed by atoms with Gasteiger partial charge in [-0.05, 0) is 70.4 Å². The molecule has 4 heterocycles. The van der Waals surface area contributed by atoms with E-state index in [4.69, 9.17) is 9.40 Å². The molecule has 0 N–H and O–H groups in total. The summed E-state index contributed by atoms with van der Waals surface area (Å²) in [4.78, 5) is 22.4. The van der Waals surface area contributed by atoms with Crippen LogP contribution in [0.5, 0.6) is 0 Å². The summed E-state index contributed by atoms with van der Waals surface area (Å²) in [5.41, 5.74) is 7.43. The Morgan fingerprint density at radius 3 is 2.20 bits per heavy atom. The molecular weight excluding hydrogens is 561 g/mol. The topological polar surface area (TPSA) is 46.3 Å². The number of fused-ring (bicyclic) bond motifs is 8. The van der Waals surface area contributed by atoms with E-state index in [0.29, 0.717) is 11.5 Å². The molecule has 6 aromatic rings. The molecule has 0 saturated heterocycles. The highest BCUT2D eigenvalue weighted by Crippen LogP contribution is 2.54. The Kier molecular flexibility index (Phi) is 5.56. The summed E-state index contributed by atoms with van der Waals surface area (Å²) in [6.07, 6.45) is 6.79. The predicted octanol–water partition coefficient (Wildman–Crippen LogP) is 10.2. The van der Waals surface area contributed by atoms with E-state index < -0.39 is 0 Å². The van der Waals surface area contributed by atoms with Crippen LogP contribution in [0.15, 0.2) is 63.8 Å². The summed E-state index contributed by atoms with van der Waals surface area (Å²) in [6, 6.07) is 19.6. The van der Waals surface area contributed by atoms with E-state index in [1.165, 1.54) is 51.4 Å². The third-order valence-electron chi connectivity index (χ3n) is 11.2. The number of thiazole rings is 1. The van der Waals surface area contributed by atoms with Crippen LogP contribution in [-0.4, -0.2) is 18.1 Å². The lowest BCUT2D eigenvalue weighted by Gasteiger charge is -2.48. The van der Waals surface area contributed by atoms with E-state index in [-0.39, 0.29) is 16.5 Å². The first-order valence-electron chi connectivity index (χ1n) is 16.4. The van der Waals surface area contributed by atoms with Gasteiger partial charge in [0.1, 0.15) is 16.2 Å². The fraction of sp³-hybridized carbons (Fsp3) is 0.385. The van der Waals surface area contributed by atoms with E-state index in [0.717, 1.165) is 70.4 Å². The molecule has 0 radical (unpaired) electrons. The first kappa shape index (κ1) is 26.7. The third kappa shape index (κ3) is 3.62. The van der Waals surface area contributed by atoms with E-state index >= 15 is 0 Å². The van der Waals surface area contributed by atoms with E-state index in [9.17, 15) is 4.79 Å². The van der Waals surface area contributed by atoms with Crippen LogP contribution >= 0.6 is 11.3 Å². The summed E-state index contributed by atoms with van der Waals surface area (Å²) < 4.78 is 7.72. The largest absolute Gasteiger partial charge is 0.422 e. The second kappa shape index (κ2) is 9.17. The van der Waals surface area contributed by atoms with Crippen molar-refractivity contribution in [3.05, 3.63) is 81.7 Å². The van der Waals surface area contributed by atoms with Crippen molar-refractivity contribution in [2.45, 2.75) is 83.0 Å². The van der Waals surface area contributed by atoms with Gasteiger partial charge in [0.2, 0.25) is 0 Å². The quantitative estimate of drug-likeness (QED) is 0.147. The van der Waals surface area contributed by atoms with Crippen molar-refractivity contribution in [2.24, 2.45) is 0 Å². The molecule has 0 atom stereocenters. The molecule has 5 heteroatoms. The van der Waals surface area contributed by atoms with Gasteiger partial charge < -0.3 is 9.32 Å². The van der Waals surface area contributed by atoms with E-state index in [1.54, 1.807) is 11.3 Å². The average molecular weight is 599 g/mol. The number of aromatic nitrogens is 1. The van der Waals surface area contributed by atoms with Crippen molar-refractivity contribution >= 4 is 59.8 Å². The van der Waals surface area contributed by atoms with Crippen LogP contribution in [0.25, 0.3) is 53.3 Å². The third-order valence-corrected chi connectivity index (χ3v) is 12.3. The number of hydrogen-bond acceptors (Lipinski definition) is 5.